The number of aliphatic hydroxyl groups is 1. The molecule has 3 N–H and O–H groups in total. The average molecular weight is 461 g/mol. The first-order chi connectivity index (χ1) is 15.3. The van der Waals surface area contributed by atoms with Crippen molar-refractivity contribution in [2.45, 2.75) is 13.0 Å². The summed E-state index contributed by atoms with van der Waals surface area (Å²) in [6, 6.07) is 7.71. The number of halogens is 2. The number of carbonyl (C=O) groups is 1. The Kier molecular flexibility index (Phi) is 7.49. The van der Waals surface area contributed by atoms with Crippen LogP contribution in [0, 0.1) is 11.6 Å². The van der Waals surface area contributed by atoms with E-state index in [4.69, 9.17) is 22.1 Å². The largest absolute Gasteiger partial charge is 0.442 e. The molecule has 0 radical (unpaired) electrons. The van der Waals surface area contributed by atoms with Gasteiger partial charge in [0.25, 0.3) is 0 Å². The zero-order chi connectivity index (χ0) is 23.3. The summed E-state index contributed by atoms with van der Waals surface area (Å²) in [5.74, 6) is -1.95. The van der Waals surface area contributed by atoms with Gasteiger partial charge in [-0.1, -0.05) is 36.5 Å². The maximum absolute atomic E-state index is 14.7. The van der Waals surface area contributed by atoms with Gasteiger partial charge < -0.3 is 20.5 Å². The second-order valence-electron chi connectivity index (χ2n) is 6.99. The van der Waals surface area contributed by atoms with Crippen molar-refractivity contribution in [3.63, 3.8) is 0 Å². The number of rotatable bonds is 7. The molecular weight excluding hydrogens is 440 g/mol. The molecule has 2 aromatic carbocycles. The molecule has 3 rings (SSSR count). The van der Waals surface area contributed by atoms with Crippen LogP contribution < -0.4 is 21.0 Å². The minimum atomic E-state index is -0.976. The van der Waals surface area contributed by atoms with E-state index < -0.39 is 34.9 Å². The van der Waals surface area contributed by atoms with Crippen LogP contribution in [0.3, 0.4) is 0 Å². The molecule has 1 unspecified atom stereocenters. The van der Waals surface area contributed by atoms with E-state index in [9.17, 15) is 18.4 Å². The molecule has 1 saturated heterocycles. The van der Waals surface area contributed by atoms with Crippen LogP contribution in [0.2, 0.25) is 0 Å². The molecule has 0 aliphatic carbocycles. The summed E-state index contributed by atoms with van der Waals surface area (Å²) in [7, 11) is 0. The smallest absolute Gasteiger partial charge is 0.414 e. The van der Waals surface area contributed by atoms with E-state index >= 15 is 0 Å². The summed E-state index contributed by atoms with van der Waals surface area (Å²) < 4.78 is 34.7. The van der Waals surface area contributed by atoms with E-state index in [1.165, 1.54) is 24.3 Å². The number of thiocarbonyl (C=S) groups is 1. The molecule has 32 heavy (non-hydrogen) atoms. The monoisotopic (exact) mass is 461 g/mol. The third-order valence-electron chi connectivity index (χ3n) is 4.60. The van der Waals surface area contributed by atoms with Crippen molar-refractivity contribution in [2.75, 3.05) is 29.9 Å². The third kappa shape index (κ3) is 5.65. The predicted octanol–water partition coefficient (Wildman–Crippen LogP) is 3.34. The van der Waals surface area contributed by atoms with Crippen LogP contribution in [-0.2, 0) is 4.74 Å². The molecule has 2 aromatic rings. The second-order valence-corrected chi connectivity index (χ2v) is 7.60. The number of carbonyl (C=O) groups excluding carboxylic acids is 1. The van der Waals surface area contributed by atoms with E-state index in [0.717, 1.165) is 17.0 Å². The molecule has 10 heteroatoms. The van der Waals surface area contributed by atoms with E-state index in [0.29, 0.717) is 10.6 Å². The number of aliphatic hydroxyl groups excluding tert-OH is 1. The molecule has 168 valence electrons. The van der Waals surface area contributed by atoms with Gasteiger partial charge in [-0.05, 0) is 24.6 Å². The average Bonchev–Trinajstić information content (AvgIpc) is 3.03. The molecule has 1 aliphatic heterocycles. The zero-order valence-corrected chi connectivity index (χ0v) is 17.9. The summed E-state index contributed by atoms with van der Waals surface area (Å²) >= 11 is 4.92. The molecule has 1 atom stereocenters. The highest BCUT2D eigenvalue weighted by molar-refractivity contribution is 7.80. The molecule has 0 bridgehead atoms. The van der Waals surface area contributed by atoms with Crippen LogP contribution >= 0.6 is 12.2 Å². The van der Waals surface area contributed by atoms with Gasteiger partial charge in [0, 0.05) is 12.1 Å². The molecule has 0 spiro atoms. The van der Waals surface area contributed by atoms with Crippen molar-refractivity contribution in [1.29, 1.82) is 0 Å². The lowest BCUT2D eigenvalue weighted by atomic mass is 10.2. The summed E-state index contributed by atoms with van der Waals surface area (Å²) in [6.45, 7) is 1.91. The molecule has 1 heterocycles. The van der Waals surface area contributed by atoms with Crippen LogP contribution in [0.5, 0.6) is 0 Å². The van der Waals surface area contributed by atoms with Gasteiger partial charge >= 0.3 is 6.09 Å². The first kappa shape index (κ1) is 23.3. The van der Waals surface area contributed by atoms with Gasteiger partial charge in [-0.3, -0.25) is 9.69 Å². The lowest BCUT2D eigenvalue weighted by molar-refractivity contribution is 0.143. The fourth-order valence-electron chi connectivity index (χ4n) is 3.05. The predicted molar refractivity (Wildman–Crippen MR) is 122 cm³/mol. The van der Waals surface area contributed by atoms with Gasteiger partial charge in [-0.15, -0.1) is 0 Å². The fourth-order valence-corrected chi connectivity index (χ4v) is 3.13. The normalized spacial score (nSPS) is 15.7. The Labute approximate surface area is 188 Å². The minimum absolute atomic E-state index is 0.00508. The lowest BCUT2D eigenvalue weighted by Crippen LogP contribution is -2.32. The Morgan fingerprint density at radius 1 is 1.25 bits per heavy atom. The van der Waals surface area contributed by atoms with Crippen LogP contribution in [0.1, 0.15) is 12.5 Å². The number of amides is 1. The van der Waals surface area contributed by atoms with Gasteiger partial charge in [0.15, 0.2) is 11.6 Å². The van der Waals surface area contributed by atoms with Crippen molar-refractivity contribution in [1.82, 2.24) is 5.32 Å². The summed E-state index contributed by atoms with van der Waals surface area (Å²) in [5, 5.41) is 14.2. The van der Waals surface area contributed by atoms with Crippen molar-refractivity contribution in [3.05, 3.63) is 69.9 Å². The molecule has 1 aliphatic rings. The van der Waals surface area contributed by atoms with Crippen molar-refractivity contribution >= 4 is 46.4 Å². The SMILES string of the molecule is CC(=S)NCC1CN(c2cc(F)c(Nc3ccc(/C=C/CO)ccc3=O)c(F)c2)C(=O)O1. The molecule has 7 nitrogen and oxygen atoms in total. The fraction of sp³-hybridized carbons (Fsp3) is 0.227. The van der Waals surface area contributed by atoms with E-state index in [1.54, 1.807) is 19.1 Å². The zero-order valence-electron chi connectivity index (χ0n) is 17.1. The van der Waals surface area contributed by atoms with Crippen LogP contribution in [-0.4, -0.2) is 42.0 Å². The number of nitrogens with zero attached hydrogens (tertiary/aromatic N) is 1. The molecular formula is C22H21F2N3O4S. The van der Waals surface area contributed by atoms with Gasteiger partial charge in [-0.25, -0.2) is 13.6 Å². The van der Waals surface area contributed by atoms with Gasteiger partial charge in [0.1, 0.15) is 11.8 Å². The maximum Gasteiger partial charge on any atom is 0.414 e. The quantitative estimate of drug-likeness (QED) is 0.545. The molecule has 1 amide bonds. The topological polar surface area (TPSA) is 90.9 Å². The van der Waals surface area contributed by atoms with Gasteiger partial charge in [-0.2, -0.15) is 0 Å². The van der Waals surface area contributed by atoms with Crippen molar-refractivity contribution in [2.24, 2.45) is 0 Å². The number of cyclic esters (lactones) is 1. The molecule has 0 saturated carbocycles. The number of hydrogen-bond donors (Lipinski definition) is 3. The van der Waals surface area contributed by atoms with Crippen molar-refractivity contribution < 1.29 is 23.4 Å². The Hall–Kier alpha value is -3.37. The van der Waals surface area contributed by atoms with E-state index in [2.05, 4.69) is 10.6 Å². The van der Waals surface area contributed by atoms with Gasteiger partial charge in [0.05, 0.1) is 36.1 Å². The number of ether oxygens (including phenoxy) is 1. The number of anilines is 3. The highest BCUT2D eigenvalue weighted by Crippen LogP contribution is 2.30. The third-order valence-corrected chi connectivity index (χ3v) is 4.75. The second kappa shape index (κ2) is 10.3. The highest BCUT2D eigenvalue weighted by Gasteiger charge is 2.33. The summed E-state index contributed by atoms with van der Waals surface area (Å²) in [4.78, 5) is 26.1. The number of hydrogen-bond acceptors (Lipinski definition) is 6. The Balaban J connectivity index is 1.82. The highest BCUT2D eigenvalue weighted by atomic mass is 32.1. The lowest BCUT2D eigenvalue weighted by Gasteiger charge is -2.16. The first-order valence-corrected chi connectivity index (χ1v) is 10.1. The standard InChI is InChI=1S/C22H21F2N3O4S/c1-13(32)25-11-16-12-27(22(30)31-16)15-9-17(23)21(18(24)10-15)26-19-6-4-14(3-2-8-28)5-7-20(19)29/h2-7,9-10,16,28H,8,11-12H2,1H3,(H,25,32)(H,26,29)/b3-2+. The Morgan fingerprint density at radius 2 is 1.94 bits per heavy atom. The Morgan fingerprint density at radius 3 is 2.59 bits per heavy atom. The van der Waals surface area contributed by atoms with E-state index in [-0.39, 0.29) is 31.1 Å². The summed E-state index contributed by atoms with van der Waals surface area (Å²) in [5.41, 5.74) is -0.424. The van der Waals surface area contributed by atoms with Crippen LogP contribution in [0.15, 0.2) is 47.3 Å². The van der Waals surface area contributed by atoms with Gasteiger partial charge in [0.2, 0.25) is 5.43 Å². The molecule has 0 aromatic heterocycles. The summed E-state index contributed by atoms with van der Waals surface area (Å²) in [6.07, 6.45) is 1.85. The maximum atomic E-state index is 14.7. The van der Waals surface area contributed by atoms with E-state index in [1.807, 2.05) is 0 Å². The Bertz CT molecular complexity index is 1100. The molecule has 1 fully saturated rings. The number of nitrogens with one attached hydrogen (secondary N) is 2. The van der Waals surface area contributed by atoms with Crippen molar-refractivity contribution in [3.8, 4) is 0 Å². The minimum Gasteiger partial charge on any atom is -0.442 e. The number of benzene rings is 1. The van der Waals surface area contributed by atoms with Crippen LogP contribution in [0.25, 0.3) is 6.08 Å². The van der Waals surface area contributed by atoms with Crippen LogP contribution in [0.4, 0.5) is 30.6 Å². The first-order valence-electron chi connectivity index (χ1n) is 9.69.